The van der Waals surface area contributed by atoms with Crippen LogP contribution >= 0.6 is 0 Å². The van der Waals surface area contributed by atoms with E-state index in [0.717, 1.165) is 6.92 Å². The Hall–Kier alpha value is -0.590. The molecule has 0 saturated carbocycles. The predicted octanol–water partition coefficient (Wildman–Crippen LogP) is -4.76. The van der Waals surface area contributed by atoms with E-state index in [9.17, 15) is 19.5 Å². The van der Waals surface area contributed by atoms with E-state index in [-0.39, 0.29) is 36.2 Å². The van der Waals surface area contributed by atoms with Crippen molar-refractivity contribution in [3.8, 4) is 0 Å². The Balaban J connectivity index is 0. The minimum atomic E-state index is -1.97. The molecule has 7 heteroatoms. The van der Waals surface area contributed by atoms with Gasteiger partial charge in [0.1, 0.15) is 0 Å². The smallest absolute Gasteiger partial charge is 0.545 e. The number of carbonyl (C=O) groups excluding carboxylic acids is 3. The topological polar surface area (TPSA) is 92.7 Å². The van der Waals surface area contributed by atoms with Gasteiger partial charge in [-0.1, -0.05) is 0 Å². The molecule has 0 aliphatic carbocycles. The second-order valence-electron chi connectivity index (χ2n) is 2.06. The summed E-state index contributed by atoms with van der Waals surface area (Å²) < 4.78 is 8.48. The van der Waals surface area contributed by atoms with Crippen molar-refractivity contribution < 1.29 is 58.5 Å². The third-order valence-corrected chi connectivity index (χ3v) is 0.999. The average Bonchev–Trinajstić information content (AvgIpc) is 1.99. The van der Waals surface area contributed by atoms with Crippen molar-refractivity contribution in [1.82, 2.24) is 0 Å². The second-order valence-corrected chi connectivity index (χ2v) is 2.06. The molecular weight excluding hydrogens is 203 g/mol. The molecule has 0 aromatic heterocycles. The van der Waals surface area contributed by atoms with Crippen molar-refractivity contribution in [3.05, 3.63) is 0 Å². The van der Waals surface area contributed by atoms with E-state index in [2.05, 4.69) is 9.47 Å². The largest absolute Gasteiger partial charge is 1.00 e. The van der Waals surface area contributed by atoms with Crippen LogP contribution in [0.3, 0.4) is 0 Å². The number of hydrogen-bond acceptors (Lipinski definition) is 6. The fourth-order valence-electron chi connectivity index (χ4n) is 0.576. The monoisotopic (exact) mass is 212 g/mol. The molecule has 6 nitrogen and oxygen atoms in total. The molecule has 1 atom stereocenters. The molecule has 0 aliphatic heterocycles. The van der Waals surface area contributed by atoms with Crippen molar-refractivity contribution in [2.24, 2.45) is 0 Å². The number of esters is 2. The van der Waals surface area contributed by atoms with Gasteiger partial charge in [-0.3, -0.25) is 4.79 Å². The molecule has 0 aliphatic rings. The van der Waals surface area contributed by atoms with Gasteiger partial charge in [0.2, 0.25) is 6.10 Å². The zero-order valence-corrected chi connectivity index (χ0v) is 10.2. The molecule has 0 heterocycles. The number of rotatable bonds is 4. The van der Waals surface area contributed by atoms with Crippen molar-refractivity contribution >= 4 is 17.9 Å². The first kappa shape index (κ1) is 15.9. The van der Waals surface area contributed by atoms with E-state index < -0.39 is 24.0 Å². The van der Waals surface area contributed by atoms with Gasteiger partial charge in [0.15, 0.2) is 0 Å². The van der Waals surface area contributed by atoms with Gasteiger partial charge in [-0.15, -0.1) is 0 Å². The Morgan fingerprint density at radius 2 is 1.86 bits per heavy atom. The van der Waals surface area contributed by atoms with Crippen LogP contribution in [0.1, 0.15) is 13.8 Å². The molecule has 0 aromatic rings. The Bertz CT molecular complexity index is 226. The zero-order valence-electron chi connectivity index (χ0n) is 8.23. The average molecular weight is 212 g/mol. The zero-order chi connectivity index (χ0) is 10.4. The molecule has 0 saturated heterocycles. The molecular formula is C7H9NaO6. The third-order valence-electron chi connectivity index (χ3n) is 0.999. The maximum absolute atomic E-state index is 10.8. The summed E-state index contributed by atoms with van der Waals surface area (Å²) in [6.45, 7) is 2.48. The van der Waals surface area contributed by atoms with Gasteiger partial charge in [-0.05, 0) is 6.92 Å². The summed E-state index contributed by atoms with van der Waals surface area (Å²) in [6.07, 6.45) is -1.97. The standard InChI is InChI=1S/C7H10O6.Na/c1-3-12-7(11)5(6(9)10)13-4(2)8;/h5H,3H2,1-2H3,(H,9,10);/q;+1/p-1/t5-;/m0./s1. The fourth-order valence-corrected chi connectivity index (χ4v) is 0.576. The van der Waals surface area contributed by atoms with E-state index in [1.54, 1.807) is 0 Å². The molecule has 0 aromatic carbocycles. The van der Waals surface area contributed by atoms with E-state index in [0.29, 0.717) is 0 Å². The summed E-state index contributed by atoms with van der Waals surface area (Å²) in [7, 11) is 0. The summed E-state index contributed by atoms with van der Waals surface area (Å²) in [5, 5.41) is 10.3. The van der Waals surface area contributed by atoms with E-state index >= 15 is 0 Å². The Morgan fingerprint density at radius 3 is 2.14 bits per heavy atom. The van der Waals surface area contributed by atoms with Crippen LogP contribution in [-0.4, -0.2) is 30.6 Å². The van der Waals surface area contributed by atoms with Crippen molar-refractivity contribution in [2.45, 2.75) is 20.0 Å². The Morgan fingerprint density at radius 1 is 1.36 bits per heavy atom. The first-order valence-electron chi connectivity index (χ1n) is 3.53. The van der Waals surface area contributed by atoms with Crippen LogP contribution in [0.2, 0.25) is 0 Å². The molecule has 0 spiro atoms. The van der Waals surface area contributed by atoms with Gasteiger partial charge in [0.05, 0.1) is 12.6 Å². The van der Waals surface area contributed by atoms with Gasteiger partial charge in [0, 0.05) is 6.92 Å². The van der Waals surface area contributed by atoms with Gasteiger partial charge in [-0.2, -0.15) is 0 Å². The summed E-state index contributed by atoms with van der Waals surface area (Å²) in [6, 6.07) is 0. The van der Waals surface area contributed by atoms with Crippen LogP contribution < -0.4 is 34.7 Å². The van der Waals surface area contributed by atoms with E-state index in [1.807, 2.05) is 0 Å². The Kier molecular flexibility index (Phi) is 8.82. The van der Waals surface area contributed by atoms with Gasteiger partial charge >= 0.3 is 41.5 Å². The van der Waals surface area contributed by atoms with Crippen LogP contribution in [0.25, 0.3) is 0 Å². The maximum Gasteiger partial charge on any atom is 1.00 e. The first-order valence-corrected chi connectivity index (χ1v) is 3.53. The van der Waals surface area contributed by atoms with E-state index in [1.165, 1.54) is 6.92 Å². The summed E-state index contributed by atoms with van der Waals surface area (Å²) in [5.74, 6) is -3.83. The van der Waals surface area contributed by atoms with Gasteiger partial charge in [-0.25, -0.2) is 4.79 Å². The first-order chi connectivity index (χ1) is 5.99. The summed E-state index contributed by atoms with van der Waals surface area (Å²) >= 11 is 0. The van der Waals surface area contributed by atoms with Crippen LogP contribution in [0.5, 0.6) is 0 Å². The molecule has 0 radical (unpaired) electrons. The number of ether oxygens (including phenoxy) is 2. The molecule has 14 heavy (non-hydrogen) atoms. The normalized spacial score (nSPS) is 10.7. The molecule has 0 bridgehead atoms. The van der Waals surface area contributed by atoms with Crippen LogP contribution in [0, 0.1) is 0 Å². The maximum atomic E-state index is 10.8. The van der Waals surface area contributed by atoms with Gasteiger partial charge in [0.25, 0.3) is 0 Å². The third kappa shape index (κ3) is 5.95. The number of hydrogen-bond donors (Lipinski definition) is 0. The number of aliphatic carboxylic acids is 1. The van der Waals surface area contributed by atoms with Crippen molar-refractivity contribution in [3.63, 3.8) is 0 Å². The SMILES string of the molecule is CCOC(=O)[C@@H](OC(C)=O)C(=O)[O-].[Na+]. The van der Waals surface area contributed by atoms with Crippen LogP contribution in [0.15, 0.2) is 0 Å². The molecule has 0 unspecified atom stereocenters. The number of carboxylic acid groups (broad SMARTS) is 1. The fraction of sp³-hybridized carbons (Fsp3) is 0.571. The molecule has 0 rings (SSSR count). The summed E-state index contributed by atoms with van der Waals surface area (Å²) in [4.78, 5) is 31.4. The molecule has 0 fully saturated rings. The molecule has 74 valence electrons. The molecule has 0 amide bonds. The van der Waals surface area contributed by atoms with Gasteiger partial charge < -0.3 is 19.4 Å². The minimum Gasteiger partial charge on any atom is -0.545 e. The number of carbonyl (C=O) groups is 3. The van der Waals surface area contributed by atoms with Crippen LogP contribution in [-0.2, 0) is 23.9 Å². The van der Waals surface area contributed by atoms with Crippen molar-refractivity contribution in [1.29, 1.82) is 0 Å². The van der Waals surface area contributed by atoms with Crippen molar-refractivity contribution in [2.75, 3.05) is 6.61 Å². The second kappa shape index (κ2) is 7.78. The Labute approximate surface area is 103 Å². The predicted molar refractivity (Wildman–Crippen MR) is 37.2 cm³/mol. The molecule has 0 N–H and O–H groups in total. The number of carboxylic acids is 1. The minimum absolute atomic E-state index is 0. The van der Waals surface area contributed by atoms with Crippen LogP contribution in [0.4, 0.5) is 0 Å². The van der Waals surface area contributed by atoms with E-state index in [4.69, 9.17) is 0 Å². The summed E-state index contributed by atoms with van der Waals surface area (Å²) in [5.41, 5.74) is 0. The quantitative estimate of drug-likeness (QED) is 0.264.